The van der Waals surface area contributed by atoms with E-state index in [4.69, 9.17) is 5.26 Å². The van der Waals surface area contributed by atoms with Crippen LogP contribution in [0.1, 0.15) is 43.2 Å². The molecular weight excluding hydrogens is 410 g/mol. The lowest BCUT2D eigenvalue weighted by Crippen LogP contribution is -2.58. The van der Waals surface area contributed by atoms with Crippen LogP contribution < -0.4 is 4.90 Å². The lowest BCUT2D eigenvalue weighted by Gasteiger charge is -2.45. The van der Waals surface area contributed by atoms with E-state index in [-0.39, 0.29) is 12.0 Å². The number of nitrogens with zero attached hydrogens (tertiary/aromatic N) is 5. The molecule has 1 aromatic carbocycles. The average Bonchev–Trinajstić information content (AvgIpc) is 3.02. The van der Waals surface area contributed by atoms with Crippen LogP contribution in [0.2, 0.25) is 0 Å². The number of amides is 1. The molecule has 3 aliphatic rings. The van der Waals surface area contributed by atoms with Crippen LogP contribution in [0.15, 0.2) is 54.9 Å². The second-order valence-electron chi connectivity index (χ2n) is 9.88. The van der Waals surface area contributed by atoms with Gasteiger partial charge in [0, 0.05) is 42.8 Å². The van der Waals surface area contributed by atoms with Crippen molar-refractivity contribution in [3.63, 3.8) is 0 Å². The fourth-order valence-electron chi connectivity index (χ4n) is 6.19. The van der Waals surface area contributed by atoms with Crippen molar-refractivity contribution in [1.29, 1.82) is 5.26 Å². The number of pyridine rings is 2. The molecule has 2 saturated heterocycles. The molecule has 0 N–H and O–H groups in total. The molecule has 2 aromatic heterocycles. The summed E-state index contributed by atoms with van der Waals surface area (Å²) >= 11 is 0. The molecule has 4 heterocycles. The largest absolute Gasteiger partial charge is 0.347 e. The predicted molar refractivity (Wildman–Crippen MR) is 127 cm³/mol. The minimum Gasteiger partial charge on any atom is -0.347 e. The minimum atomic E-state index is 0.122. The first kappa shape index (κ1) is 20.2. The Hall–Kier alpha value is -3.46. The molecule has 3 atom stereocenters. The molecule has 6 rings (SSSR count). The molecule has 3 fully saturated rings. The fourth-order valence-corrected chi connectivity index (χ4v) is 6.19. The summed E-state index contributed by atoms with van der Waals surface area (Å²) < 4.78 is 0. The molecular formula is C27H27N5O. The van der Waals surface area contributed by atoms with Crippen molar-refractivity contribution < 1.29 is 4.79 Å². The van der Waals surface area contributed by atoms with Gasteiger partial charge in [-0.2, -0.15) is 5.26 Å². The van der Waals surface area contributed by atoms with Gasteiger partial charge in [-0.25, -0.2) is 4.98 Å². The first-order valence-corrected chi connectivity index (χ1v) is 11.9. The number of hydrogen-bond donors (Lipinski definition) is 0. The van der Waals surface area contributed by atoms with Gasteiger partial charge in [-0.1, -0.05) is 25.1 Å². The summed E-state index contributed by atoms with van der Waals surface area (Å²) in [6.07, 6.45) is 6.41. The van der Waals surface area contributed by atoms with E-state index in [2.05, 4.69) is 57.0 Å². The smallest absolute Gasteiger partial charge is 0.225 e. The van der Waals surface area contributed by atoms with Crippen molar-refractivity contribution in [2.24, 2.45) is 11.8 Å². The number of rotatable bonds is 3. The quantitative estimate of drug-likeness (QED) is 0.616. The predicted octanol–water partition coefficient (Wildman–Crippen LogP) is 4.12. The van der Waals surface area contributed by atoms with Crippen LogP contribution in [-0.2, 0) is 4.79 Å². The van der Waals surface area contributed by atoms with E-state index in [1.165, 1.54) is 10.9 Å². The number of anilines is 1. The van der Waals surface area contributed by atoms with Crippen LogP contribution >= 0.6 is 0 Å². The highest BCUT2D eigenvalue weighted by Gasteiger charge is 2.48. The Morgan fingerprint density at radius 2 is 1.94 bits per heavy atom. The van der Waals surface area contributed by atoms with Crippen molar-refractivity contribution in [2.75, 3.05) is 18.0 Å². The van der Waals surface area contributed by atoms with Gasteiger partial charge >= 0.3 is 0 Å². The number of nitriles is 1. The molecule has 33 heavy (non-hydrogen) atoms. The average molecular weight is 438 g/mol. The van der Waals surface area contributed by atoms with Gasteiger partial charge in [0.1, 0.15) is 11.9 Å². The number of hydrogen-bond acceptors (Lipinski definition) is 5. The Kier molecular flexibility index (Phi) is 4.79. The zero-order valence-corrected chi connectivity index (χ0v) is 18.8. The third-order valence-electron chi connectivity index (χ3n) is 7.95. The Morgan fingerprint density at radius 3 is 2.70 bits per heavy atom. The molecule has 3 aromatic rings. The van der Waals surface area contributed by atoms with Gasteiger partial charge in [0.05, 0.1) is 17.1 Å². The van der Waals surface area contributed by atoms with E-state index >= 15 is 0 Å². The van der Waals surface area contributed by atoms with E-state index in [1.54, 1.807) is 6.20 Å². The molecule has 2 unspecified atom stereocenters. The van der Waals surface area contributed by atoms with Gasteiger partial charge in [-0.3, -0.25) is 9.78 Å². The highest BCUT2D eigenvalue weighted by molar-refractivity contribution is 5.84. The van der Waals surface area contributed by atoms with Crippen molar-refractivity contribution in [3.05, 3.63) is 66.0 Å². The number of carbonyl (C=O) groups is 1. The summed E-state index contributed by atoms with van der Waals surface area (Å²) in [6, 6.07) is 17.0. The molecule has 2 aliphatic heterocycles. The first-order valence-electron chi connectivity index (χ1n) is 11.9. The highest BCUT2D eigenvalue weighted by atomic mass is 16.2. The van der Waals surface area contributed by atoms with Gasteiger partial charge in [0.15, 0.2) is 0 Å². The van der Waals surface area contributed by atoms with Gasteiger partial charge in [0.25, 0.3) is 0 Å². The maximum absolute atomic E-state index is 13.4. The summed E-state index contributed by atoms with van der Waals surface area (Å²) in [5.41, 5.74) is 2.94. The summed E-state index contributed by atoms with van der Waals surface area (Å²) in [7, 11) is 0. The van der Waals surface area contributed by atoms with Crippen LogP contribution in [0.3, 0.4) is 0 Å². The second-order valence-corrected chi connectivity index (χ2v) is 9.88. The number of piperazine rings is 1. The fraction of sp³-hybridized carbons (Fsp3) is 0.407. The monoisotopic (exact) mass is 437 g/mol. The normalized spacial score (nSPS) is 28.4. The van der Waals surface area contributed by atoms with Gasteiger partial charge in [-0.05, 0) is 60.9 Å². The highest BCUT2D eigenvalue weighted by Crippen LogP contribution is 2.46. The molecule has 1 saturated carbocycles. The number of likely N-dealkylation sites (tertiary alicyclic amines) is 1. The van der Waals surface area contributed by atoms with Crippen LogP contribution in [0.25, 0.3) is 10.9 Å². The first-order chi connectivity index (χ1) is 16.1. The SMILES string of the molecule is C[C@H]1CC2CN(C(=O)C3CC(c4cccc5ncccc45)C3)CC1N2c1ccc(C#N)cn1. The molecule has 2 bridgehead atoms. The van der Waals surface area contributed by atoms with Crippen molar-refractivity contribution >= 4 is 22.6 Å². The summed E-state index contributed by atoms with van der Waals surface area (Å²) in [5.74, 6) is 2.32. The van der Waals surface area contributed by atoms with Crippen LogP contribution in [0, 0.1) is 23.2 Å². The summed E-state index contributed by atoms with van der Waals surface area (Å²) in [5, 5.41) is 10.3. The Bertz CT molecular complexity index is 1240. The maximum Gasteiger partial charge on any atom is 0.225 e. The topological polar surface area (TPSA) is 73.1 Å². The Labute approximate surface area is 193 Å². The zero-order valence-electron chi connectivity index (χ0n) is 18.8. The molecule has 6 nitrogen and oxygen atoms in total. The third-order valence-corrected chi connectivity index (χ3v) is 7.95. The summed E-state index contributed by atoms with van der Waals surface area (Å²) in [4.78, 5) is 26.9. The van der Waals surface area contributed by atoms with Crippen molar-refractivity contribution in [1.82, 2.24) is 14.9 Å². The van der Waals surface area contributed by atoms with Crippen molar-refractivity contribution in [3.8, 4) is 6.07 Å². The second kappa shape index (κ2) is 7.84. The number of aromatic nitrogens is 2. The molecule has 1 aliphatic carbocycles. The van der Waals surface area contributed by atoms with E-state index in [0.717, 1.165) is 43.7 Å². The number of carbonyl (C=O) groups excluding carboxylic acids is 1. The molecule has 6 heteroatoms. The minimum absolute atomic E-state index is 0.122. The van der Waals surface area contributed by atoms with Crippen LogP contribution in [0.5, 0.6) is 0 Å². The molecule has 0 spiro atoms. The van der Waals surface area contributed by atoms with E-state index in [1.807, 2.05) is 24.4 Å². The van der Waals surface area contributed by atoms with Crippen LogP contribution in [-0.4, -0.2) is 45.9 Å². The van der Waals surface area contributed by atoms with E-state index in [9.17, 15) is 4.79 Å². The maximum atomic E-state index is 13.4. The third kappa shape index (κ3) is 3.34. The Balaban J connectivity index is 1.14. The van der Waals surface area contributed by atoms with Gasteiger partial charge in [0.2, 0.25) is 5.91 Å². The van der Waals surface area contributed by atoms with Gasteiger partial charge < -0.3 is 9.80 Å². The lowest BCUT2D eigenvalue weighted by molar-refractivity contribution is -0.139. The van der Waals surface area contributed by atoms with E-state index in [0.29, 0.717) is 29.3 Å². The number of benzene rings is 1. The summed E-state index contributed by atoms with van der Waals surface area (Å²) in [6.45, 7) is 3.81. The van der Waals surface area contributed by atoms with Crippen molar-refractivity contribution in [2.45, 2.75) is 44.2 Å². The lowest BCUT2D eigenvalue weighted by atomic mass is 9.70. The molecule has 0 radical (unpaired) electrons. The number of fused-ring (bicyclic) bond motifs is 3. The van der Waals surface area contributed by atoms with Gasteiger partial charge in [-0.15, -0.1) is 0 Å². The molecule has 166 valence electrons. The Morgan fingerprint density at radius 1 is 1.06 bits per heavy atom. The van der Waals surface area contributed by atoms with Crippen LogP contribution in [0.4, 0.5) is 5.82 Å². The standard InChI is InChI=1S/C27H27N5O/c1-17-10-21-15-31(16-25(17)32(21)26-8-7-18(13-28)14-30-26)27(33)20-11-19(12-20)22-4-2-6-24-23(22)5-3-9-29-24/h2-9,14,17,19-21,25H,10-12,15-16H2,1H3/t17-,19?,20?,21?,25?/m0/s1. The zero-order chi connectivity index (χ0) is 22.5. The van der Waals surface area contributed by atoms with E-state index < -0.39 is 0 Å². The molecule has 1 amide bonds.